The fourth-order valence-electron chi connectivity index (χ4n) is 1.33. The van der Waals surface area contributed by atoms with E-state index in [-0.39, 0.29) is 17.8 Å². The first kappa shape index (κ1) is 16.1. The molecule has 1 unspecified atom stereocenters. The van der Waals surface area contributed by atoms with Crippen LogP contribution >= 0.6 is 11.6 Å². The standard InChI is InChI=1S/C11H13ClF4N2O/c1-6(12)8-3-17-9(18-7(8)2)4-19-5-11(15,16)10(13)14/h3,6,10H,4-5H2,1-2H3. The van der Waals surface area contributed by atoms with Crippen LogP contribution in [0.4, 0.5) is 17.6 Å². The molecule has 19 heavy (non-hydrogen) atoms. The molecule has 8 heteroatoms. The van der Waals surface area contributed by atoms with E-state index in [2.05, 4.69) is 14.7 Å². The first-order valence-electron chi connectivity index (χ1n) is 5.44. The van der Waals surface area contributed by atoms with Gasteiger partial charge >= 0.3 is 12.3 Å². The van der Waals surface area contributed by atoms with Gasteiger partial charge in [-0.15, -0.1) is 11.6 Å². The van der Waals surface area contributed by atoms with E-state index in [1.165, 1.54) is 6.20 Å². The second-order valence-corrected chi connectivity index (χ2v) is 4.65. The normalized spacial score (nSPS) is 13.9. The lowest BCUT2D eigenvalue weighted by Crippen LogP contribution is -2.32. The van der Waals surface area contributed by atoms with Crippen molar-refractivity contribution in [2.45, 2.75) is 38.2 Å². The third-order valence-electron chi connectivity index (χ3n) is 2.34. The summed E-state index contributed by atoms with van der Waals surface area (Å²) in [5.74, 6) is -4.02. The summed E-state index contributed by atoms with van der Waals surface area (Å²) in [6.07, 6.45) is -2.29. The van der Waals surface area contributed by atoms with E-state index in [1.807, 2.05) is 0 Å². The average molecular weight is 301 g/mol. The summed E-state index contributed by atoms with van der Waals surface area (Å²) in [5, 5.41) is -0.280. The number of halogens is 5. The van der Waals surface area contributed by atoms with Crippen LogP contribution in [-0.2, 0) is 11.3 Å². The van der Waals surface area contributed by atoms with Crippen LogP contribution in [0.15, 0.2) is 6.20 Å². The van der Waals surface area contributed by atoms with Crippen molar-refractivity contribution in [1.82, 2.24) is 9.97 Å². The number of ether oxygens (including phenoxy) is 1. The number of aryl methyl sites for hydroxylation is 1. The minimum absolute atomic E-state index is 0.142. The molecule has 0 aliphatic rings. The highest BCUT2D eigenvalue weighted by molar-refractivity contribution is 6.20. The van der Waals surface area contributed by atoms with Gasteiger partial charge in [-0.05, 0) is 13.8 Å². The second kappa shape index (κ2) is 6.47. The molecule has 0 bridgehead atoms. The number of hydrogen-bond acceptors (Lipinski definition) is 3. The van der Waals surface area contributed by atoms with Crippen LogP contribution in [0.1, 0.15) is 29.4 Å². The Hall–Kier alpha value is -0.950. The van der Waals surface area contributed by atoms with Gasteiger partial charge in [0.2, 0.25) is 0 Å². The Morgan fingerprint density at radius 2 is 2.05 bits per heavy atom. The average Bonchev–Trinajstić information content (AvgIpc) is 2.28. The molecular weight excluding hydrogens is 288 g/mol. The minimum atomic E-state index is -4.17. The molecule has 0 spiro atoms. The maximum atomic E-state index is 12.6. The molecule has 1 rings (SSSR count). The molecule has 3 nitrogen and oxygen atoms in total. The smallest absolute Gasteiger partial charge is 0.330 e. The lowest BCUT2D eigenvalue weighted by molar-refractivity contribution is -0.168. The monoisotopic (exact) mass is 300 g/mol. The van der Waals surface area contributed by atoms with Crippen LogP contribution in [0.5, 0.6) is 0 Å². The molecule has 0 aromatic carbocycles. The summed E-state index contributed by atoms with van der Waals surface area (Å²) in [4.78, 5) is 7.88. The molecule has 1 aromatic heterocycles. The molecule has 1 heterocycles. The largest absolute Gasteiger partial charge is 0.367 e. The van der Waals surface area contributed by atoms with E-state index in [4.69, 9.17) is 11.6 Å². The molecule has 1 aromatic rings. The quantitative estimate of drug-likeness (QED) is 0.596. The lowest BCUT2D eigenvalue weighted by atomic mass is 10.2. The van der Waals surface area contributed by atoms with Crippen molar-refractivity contribution in [3.8, 4) is 0 Å². The number of nitrogens with zero attached hydrogens (tertiary/aromatic N) is 2. The summed E-state index contributed by atoms with van der Waals surface area (Å²) in [5.41, 5.74) is 1.31. The van der Waals surface area contributed by atoms with Gasteiger partial charge in [0.15, 0.2) is 5.82 Å². The van der Waals surface area contributed by atoms with Gasteiger partial charge in [0.25, 0.3) is 0 Å². The van der Waals surface area contributed by atoms with E-state index in [9.17, 15) is 17.6 Å². The van der Waals surface area contributed by atoms with Gasteiger partial charge in [-0.2, -0.15) is 8.78 Å². The maximum Gasteiger partial charge on any atom is 0.330 e. The SMILES string of the molecule is Cc1nc(COCC(F)(F)C(F)F)ncc1C(C)Cl. The van der Waals surface area contributed by atoms with Crippen molar-refractivity contribution < 1.29 is 22.3 Å². The van der Waals surface area contributed by atoms with Gasteiger partial charge in [-0.25, -0.2) is 18.7 Å². The fourth-order valence-corrected chi connectivity index (χ4v) is 1.54. The summed E-state index contributed by atoms with van der Waals surface area (Å²) in [6.45, 7) is 1.70. The molecule has 108 valence electrons. The van der Waals surface area contributed by atoms with Gasteiger partial charge in [0, 0.05) is 17.5 Å². The van der Waals surface area contributed by atoms with Gasteiger partial charge < -0.3 is 4.74 Å². The van der Waals surface area contributed by atoms with Crippen LogP contribution < -0.4 is 0 Å². The third kappa shape index (κ3) is 4.58. The number of rotatable bonds is 6. The first-order valence-corrected chi connectivity index (χ1v) is 5.88. The van der Waals surface area contributed by atoms with Gasteiger partial charge in [0.1, 0.15) is 13.2 Å². The number of hydrogen-bond donors (Lipinski definition) is 0. The van der Waals surface area contributed by atoms with Crippen LogP contribution in [0.2, 0.25) is 0 Å². The Morgan fingerprint density at radius 3 is 2.53 bits per heavy atom. The van der Waals surface area contributed by atoms with E-state index < -0.39 is 19.0 Å². The predicted molar refractivity (Wildman–Crippen MR) is 61.6 cm³/mol. The van der Waals surface area contributed by atoms with Gasteiger partial charge in [0.05, 0.1) is 5.38 Å². The van der Waals surface area contributed by atoms with Crippen LogP contribution in [0.25, 0.3) is 0 Å². The van der Waals surface area contributed by atoms with Crippen LogP contribution in [-0.4, -0.2) is 28.9 Å². The highest BCUT2D eigenvalue weighted by atomic mass is 35.5. The Bertz CT molecular complexity index is 429. The molecular formula is C11H13ClF4N2O. The highest BCUT2D eigenvalue weighted by Crippen LogP contribution is 2.23. The molecule has 0 N–H and O–H groups in total. The molecule has 0 saturated heterocycles. The molecule has 0 aliphatic carbocycles. The van der Waals surface area contributed by atoms with Crippen molar-refractivity contribution in [3.63, 3.8) is 0 Å². The summed E-state index contributed by atoms with van der Waals surface area (Å²) in [6, 6.07) is 0. The lowest BCUT2D eigenvalue weighted by Gasteiger charge is -2.15. The third-order valence-corrected chi connectivity index (χ3v) is 2.58. The first-order chi connectivity index (χ1) is 8.74. The van der Waals surface area contributed by atoms with Crippen molar-refractivity contribution in [2.24, 2.45) is 0 Å². The zero-order valence-corrected chi connectivity index (χ0v) is 11.1. The number of aromatic nitrogens is 2. The van der Waals surface area contributed by atoms with E-state index >= 15 is 0 Å². The van der Waals surface area contributed by atoms with E-state index in [1.54, 1.807) is 13.8 Å². The molecule has 0 aliphatic heterocycles. The van der Waals surface area contributed by atoms with Crippen molar-refractivity contribution >= 4 is 11.6 Å². The Morgan fingerprint density at radius 1 is 1.42 bits per heavy atom. The van der Waals surface area contributed by atoms with Crippen molar-refractivity contribution in [1.29, 1.82) is 0 Å². The minimum Gasteiger partial charge on any atom is -0.367 e. The highest BCUT2D eigenvalue weighted by Gasteiger charge is 2.40. The second-order valence-electron chi connectivity index (χ2n) is 4.00. The van der Waals surface area contributed by atoms with Crippen LogP contribution in [0, 0.1) is 6.92 Å². The zero-order chi connectivity index (χ0) is 14.6. The molecule has 0 amide bonds. The molecule has 0 fully saturated rings. The summed E-state index contributed by atoms with van der Waals surface area (Å²) < 4.78 is 53.4. The van der Waals surface area contributed by atoms with E-state index in [0.29, 0.717) is 11.3 Å². The summed E-state index contributed by atoms with van der Waals surface area (Å²) >= 11 is 5.87. The number of alkyl halides is 5. The Labute approximate surface area is 113 Å². The molecule has 1 atom stereocenters. The van der Waals surface area contributed by atoms with Crippen molar-refractivity contribution in [3.05, 3.63) is 23.3 Å². The maximum absolute atomic E-state index is 12.6. The molecule has 0 saturated carbocycles. The Kier molecular flexibility index (Phi) is 5.49. The predicted octanol–water partition coefficient (Wildman–Crippen LogP) is 3.50. The van der Waals surface area contributed by atoms with Crippen LogP contribution in [0.3, 0.4) is 0 Å². The van der Waals surface area contributed by atoms with Crippen molar-refractivity contribution in [2.75, 3.05) is 6.61 Å². The molecule has 0 radical (unpaired) electrons. The Balaban J connectivity index is 2.58. The zero-order valence-electron chi connectivity index (χ0n) is 10.3. The summed E-state index contributed by atoms with van der Waals surface area (Å²) in [7, 11) is 0. The van der Waals surface area contributed by atoms with Gasteiger partial charge in [-0.1, -0.05) is 0 Å². The topological polar surface area (TPSA) is 35.0 Å². The van der Waals surface area contributed by atoms with Gasteiger partial charge in [-0.3, -0.25) is 0 Å². The van der Waals surface area contributed by atoms with E-state index in [0.717, 1.165) is 0 Å². The fraction of sp³-hybridized carbons (Fsp3) is 0.636.